The van der Waals surface area contributed by atoms with Gasteiger partial charge in [0.2, 0.25) is 0 Å². The van der Waals surface area contributed by atoms with Gasteiger partial charge < -0.3 is 10.6 Å². The quantitative estimate of drug-likeness (QED) is 0.625. The number of rotatable bonds is 5. The van der Waals surface area contributed by atoms with Gasteiger partial charge in [-0.15, -0.1) is 0 Å². The van der Waals surface area contributed by atoms with Crippen LogP contribution in [0.4, 0.5) is 5.69 Å². The van der Waals surface area contributed by atoms with Gasteiger partial charge in [0.15, 0.2) is 0 Å². The molecule has 0 amide bonds. The molecule has 0 aliphatic carbocycles. The van der Waals surface area contributed by atoms with Crippen LogP contribution in [0.1, 0.15) is 32.8 Å². The molecule has 1 rings (SSSR count). The average Bonchev–Trinajstić information content (AvgIpc) is 2.24. The lowest BCUT2D eigenvalue weighted by Crippen LogP contribution is -2.31. The maximum atomic E-state index is 7.40. The van der Waals surface area contributed by atoms with Gasteiger partial charge in [0, 0.05) is 23.8 Å². The maximum absolute atomic E-state index is 7.40. The Labute approximate surface area is 108 Å². The number of nitrogens with zero attached hydrogens (tertiary/aromatic N) is 1. The van der Waals surface area contributed by atoms with Crippen LogP contribution in [-0.4, -0.2) is 18.4 Å². The molecule has 0 fully saturated rings. The van der Waals surface area contributed by atoms with Crippen LogP contribution in [0.3, 0.4) is 0 Å². The first-order valence-corrected chi connectivity index (χ1v) is 6.25. The van der Waals surface area contributed by atoms with Crippen molar-refractivity contribution in [1.82, 2.24) is 0 Å². The molecule has 0 spiro atoms. The molecule has 1 aromatic carbocycles. The topological polar surface area (TPSA) is 53.1 Å². The van der Waals surface area contributed by atoms with Gasteiger partial charge in [-0.25, -0.2) is 0 Å². The Morgan fingerprint density at radius 1 is 1.47 bits per heavy atom. The summed E-state index contributed by atoms with van der Waals surface area (Å²) < 4.78 is 0. The molecule has 4 heteroatoms. The number of anilines is 1. The molecule has 94 valence electrons. The highest BCUT2D eigenvalue weighted by Gasteiger charge is 2.12. The van der Waals surface area contributed by atoms with Crippen LogP contribution >= 0.6 is 11.6 Å². The molecule has 0 saturated carbocycles. The highest BCUT2D eigenvalue weighted by atomic mass is 35.5. The van der Waals surface area contributed by atoms with E-state index in [1.54, 1.807) is 0 Å². The molecule has 0 unspecified atom stereocenters. The summed E-state index contributed by atoms with van der Waals surface area (Å²) in [4.78, 5) is 2.29. The van der Waals surface area contributed by atoms with Crippen molar-refractivity contribution in [2.75, 3.05) is 11.4 Å². The zero-order valence-corrected chi connectivity index (χ0v) is 11.4. The van der Waals surface area contributed by atoms with E-state index >= 15 is 0 Å². The second-order valence-corrected chi connectivity index (χ2v) is 4.77. The summed E-state index contributed by atoms with van der Waals surface area (Å²) in [5, 5.41) is 7.94. The molecule has 0 bridgehead atoms. The van der Waals surface area contributed by atoms with Crippen molar-refractivity contribution in [3.05, 3.63) is 28.8 Å². The molecule has 0 aliphatic rings. The second-order valence-electron chi connectivity index (χ2n) is 4.36. The fourth-order valence-electron chi connectivity index (χ4n) is 1.83. The molecular weight excluding hydrogens is 234 g/mol. The normalized spacial score (nSPS) is 10.6. The van der Waals surface area contributed by atoms with Crippen molar-refractivity contribution in [2.45, 2.75) is 33.2 Å². The smallest absolute Gasteiger partial charge is 0.124 e. The third kappa shape index (κ3) is 3.37. The fraction of sp³-hybridized carbons (Fsp3) is 0.462. The van der Waals surface area contributed by atoms with Gasteiger partial charge in [0.05, 0.1) is 5.02 Å². The number of halogens is 1. The fourth-order valence-corrected chi connectivity index (χ4v) is 2.10. The second kappa shape index (κ2) is 5.92. The van der Waals surface area contributed by atoms with Crippen molar-refractivity contribution >= 4 is 23.1 Å². The van der Waals surface area contributed by atoms with Crippen LogP contribution < -0.4 is 10.6 Å². The van der Waals surface area contributed by atoms with Crippen molar-refractivity contribution < 1.29 is 0 Å². The number of benzene rings is 1. The summed E-state index contributed by atoms with van der Waals surface area (Å²) in [5.74, 6) is 0.00754. The van der Waals surface area contributed by atoms with Gasteiger partial charge in [-0.3, -0.25) is 5.41 Å². The molecule has 0 atom stereocenters. The van der Waals surface area contributed by atoms with Gasteiger partial charge in [-0.1, -0.05) is 18.5 Å². The van der Waals surface area contributed by atoms with Gasteiger partial charge in [0.25, 0.3) is 0 Å². The Morgan fingerprint density at radius 3 is 2.53 bits per heavy atom. The predicted octanol–water partition coefficient (Wildman–Crippen LogP) is 3.25. The van der Waals surface area contributed by atoms with E-state index in [0.717, 1.165) is 18.7 Å². The standard InChI is InChI=1S/C13H20ClN3/c1-4-7-17(9(2)3)10-5-6-11(13(15)16)12(14)8-10/h5-6,8-9H,4,7H2,1-3H3,(H3,15,16). The summed E-state index contributed by atoms with van der Waals surface area (Å²) in [5.41, 5.74) is 7.12. The lowest BCUT2D eigenvalue weighted by Gasteiger charge is -2.29. The van der Waals surface area contributed by atoms with Crippen LogP contribution in [0.15, 0.2) is 18.2 Å². The van der Waals surface area contributed by atoms with E-state index in [1.165, 1.54) is 0 Å². The van der Waals surface area contributed by atoms with Gasteiger partial charge >= 0.3 is 0 Å². The Hall–Kier alpha value is -1.22. The minimum Gasteiger partial charge on any atom is -0.384 e. The van der Waals surface area contributed by atoms with Crippen LogP contribution in [0.25, 0.3) is 0 Å². The predicted molar refractivity (Wildman–Crippen MR) is 75.2 cm³/mol. The van der Waals surface area contributed by atoms with E-state index in [0.29, 0.717) is 16.6 Å². The van der Waals surface area contributed by atoms with Crippen molar-refractivity contribution in [2.24, 2.45) is 5.73 Å². The summed E-state index contributed by atoms with van der Waals surface area (Å²) in [7, 11) is 0. The van der Waals surface area contributed by atoms with E-state index in [4.69, 9.17) is 22.7 Å². The molecule has 1 aromatic rings. The summed E-state index contributed by atoms with van der Waals surface area (Å²) in [6.07, 6.45) is 1.09. The number of amidine groups is 1. The summed E-state index contributed by atoms with van der Waals surface area (Å²) >= 11 is 6.13. The highest BCUT2D eigenvalue weighted by Crippen LogP contribution is 2.25. The monoisotopic (exact) mass is 253 g/mol. The number of nitrogens with one attached hydrogen (secondary N) is 1. The van der Waals surface area contributed by atoms with E-state index in [1.807, 2.05) is 18.2 Å². The Balaban J connectivity index is 3.06. The van der Waals surface area contributed by atoms with E-state index in [2.05, 4.69) is 25.7 Å². The largest absolute Gasteiger partial charge is 0.384 e. The molecule has 0 aromatic heterocycles. The minimum atomic E-state index is 0.00754. The van der Waals surface area contributed by atoms with Gasteiger partial charge in [-0.2, -0.15) is 0 Å². The zero-order valence-electron chi connectivity index (χ0n) is 10.6. The molecular formula is C13H20ClN3. The van der Waals surface area contributed by atoms with Gasteiger partial charge in [0.1, 0.15) is 5.84 Å². The van der Waals surface area contributed by atoms with Crippen molar-refractivity contribution in [3.8, 4) is 0 Å². The maximum Gasteiger partial charge on any atom is 0.124 e. The van der Waals surface area contributed by atoms with Crippen LogP contribution in [-0.2, 0) is 0 Å². The molecule has 0 saturated heterocycles. The average molecular weight is 254 g/mol. The first-order valence-electron chi connectivity index (χ1n) is 5.88. The molecule has 17 heavy (non-hydrogen) atoms. The number of hydrogen-bond donors (Lipinski definition) is 2. The third-order valence-electron chi connectivity index (χ3n) is 2.66. The van der Waals surface area contributed by atoms with E-state index in [-0.39, 0.29) is 5.84 Å². The lowest BCUT2D eigenvalue weighted by atomic mass is 10.1. The first kappa shape index (κ1) is 13.8. The van der Waals surface area contributed by atoms with Crippen molar-refractivity contribution in [3.63, 3.8) is 0 Å². The lowest BCUT2D eigenvalue weighted by molar-refractivity contribution is 0.671. The number of nitrogens with two attached hydrogens (primary N) is 1. The SMILES string of the molecule is CCCN(c1ccc(C(=N)N)c(Cl)c1)C(C)C. The molecule has 0 radical (unpaired) electrons. The summed E-state index contributed by atoms with van der Waals surface area (Å²) in [6.45, 7) is 7.46. The Bertz CT molecular complexity index is 402. The minimum absolute atomic E-state index is 0.00754. The third-order valence-corrected chi connectivity index (χ3v) is 2.98. The Kier molecular flexibility index (Phi) is 4.82. The number of hydrogen-bond acceptors (Lipinski definition) is 2. The molecule has 3 nitrogen and oxygen atoms in total. The van der Waals surface area contributed by atoms with Gasteiger partial charge in [-0.05, 0) is 38.5 Å². The van der Waals surface area contributed by atoms with Crippen LogP contribution in [0.5, 0.6) is 0 Å². The van der Waals surface area contributed by atoms with Crippen LogP contribution in [0, 0.1) is 5.41 Å². The molecule has 0 heterocycles. The van der Waals surface area contributed by atoms with Crippen LogP contribution in [0.2, 0.25) is 5.02 Å². The number of nitrogen functional groups attached to an aromatic ring is 1. The summed E-state index contributed by atoms with van der Waals surface area (Å²) in [6, 6.07) is 6.09. The highest BCUT2D eigenvalue weighted by molar-refractivity contribution is 6.34. The van der Waals surface area contributed by atoms with Crippen molar-refractivity contribution in [1.29, 1.82) is 5.41 Å². The zero-order chi connectivity index (χ0) is 13.0. The molecule has 3 N–H and O–H groups in total. The van der Waals surface area contributed by atoms with E-state index < -0.39 is 0 Å². The first-order chi connectivity index (χ1) is 7.97. The Morgan fingerprint density at radius 2 is 2.12 bits per heavy atom. The van der Waals surface area contributed by atoms with E-state index in [9.17, 15) is 0 Å². The molecule has 0 aliphatic heterocycles.